The van der Waals surface area contributed by atoms with Crippen molar-refractivity contribution in [2.45, 2.75) is 19.5 Å². The van der Waals surface area contributed by atoms with Gasteiger partial charge in [-0.15, -0.1) is 0 Å². The lowest BCUT2D eigenvalue weighted by molar-refractivity contribution is -0.126. The van der Waals surface area contributed by atoms with Gasteiger partial charge < -0.3 is 15.0 Å². The highest BCUT2D eigenvalue weighted by Gasteiger charge is 2.34. The highest BCUT2D eigenvalue weighted by molar-refractivity contribution is 6.30. The van der Waals surface area contributed by atoms with Gasteiger partial charge in [0.2, 0.25) is 11.8 Å². The van der Waals surface area contributed by atoms with E-state index in [-0.39, 0.29) is 24.0 Å². The third-order valence-corrected chi connectivity index (χ3v) is 4.75. The topological polar surface area (TPSA) is 58.6 Å². The van der Waals surface area contributed by atoms with Gasteiger partial charge in [-0.2, -0.15) is 8.78 Å². The van der Waals surface area contributed by atoms with Crippen molar-refractivity contribution in [3.63, 3.8) is 0 Å². The number of alkyl halides is 2. The van der Waals surface area contributed by atoms with E-state index in [1.807, 2.05) is 0 Å². The first-order chi connectivity index (χ1) is 13.4. The summed E-state index contributed by atoms with van der Waals surface area (Å²) in [6.45, 7) is -2.14. The predicted octanol–water partition coefficient (Wildman–Crippen LogP) is 3.65. The number of carbonyl (C=O) groups is 2. The lowest BCUT2D eigenvalue weighted by Gasteiger charge is -2.16. The molecule has 0 spiro atoms. The number of anilines is 1. The van der Waals surface area contributed by atoms with Gasteiger partial charge in [0.05, 0.1) is 5.92 Å². The van der Waals surface area contributed by atoms with Crippen molar-refractivity contribution in [2.24, 2.45) is 5.92 Å². The molecule has 0 bridgehead atoms. The molecule has 0 aromatic heterocycles. The van der Waals surface area contributed by atoms with Crippen LogP contribution in [0.1, 0.15) is 12.0 Å². The summed E-state index contributed by atoms with van der Waals surface area (Å²) < 4.78 is 28.6. The summed E-state index contributed by atoms with van der Waals surface area (Å²) in [6.07, 6.45) is 0.705. The smallest absolute Gasteiger partial charge is 0.387 e. The summed E-state index contributed by atoms with van der Waals surface area (Å²) in [5.41, 5.74) is 1.60. The number of hydrogen-bond acceptors (Lipinski definition) is 3. The van der Waals surface area contributed by atoms with E-state index in [4.69, 9.17) is 11.6 Å². The minimum Gasteiger partial charge on any atom is -0.435 e. The third-order valence-electron chi connectivity index (χ3n) is 4.50. The van der Waals surface area contributed by atoms with Crippen molar-refractivity contribution in [3.8, 4) is 5.75 Å². The van der Waals surface area contributed by atoms with E-state index in [0.29, 0.717) is 24.5 Å². The summed E-state index contributed by atoms with van der Waals surface area (Å²) in [6, 6.07) is 13.2. The molecule has 2 aromatic rings. The standard InChI is InChI=1S/C20H19ClF2N2O3/c21-15-3-5-16(6-4-15)25-12-14(11-18(25)26)19(27)24-10-9-13-1-7-17(8-2-13)28-20(22)23/h1-8,14,20H,9-12H2,(H,24,27). The van der Waals surface area contributed by atoms with E-state index in [0.717, 1.165) is 11.3 Å². The fourth-order valence-corrected chi connectivity index (χ4v) is 3.19. The number of rotatable bonds is 7. The number of benzene rings is 2. The van der Waals surface area contributed by atoms with Gasteiger partial charge in [0, 0.05) is 30.2 Å². The van der Waals surface area contributed by atoms with Crippen molar-refractivity contribution in [1.29, 1.82) is 0 Å². The minimum atomic E-state index is -2.85. The average Bonchev–Trinajstić information content (AvgIpc) is 3.05. The van der Waals surface area contributed by atoms with Crippen LogP contribution in [0.5, 0.6) is 5.75 Å². The van der Waals surface area contributed by atoms with Crippen LogP contribution in [-0.4, -0.2) is 31.5 Å². The van der Waals surface area contributed by atoms with E-state index in [2.05, 4.69) is 10.1 Å². The lowest BCUT2D eigenvalue weighted by atomic mass is 10.1. The molecule has 28 heavy (non-hydrogen) atoms. The molecule has 1 aliphatic heterocycles. The zero-order valence-electron chi connectivity index (χ0n) is 14.9. The van der Waals surface area contributed by atoms with Crippen LogP contribution in [0.2, 0.25) is 5.02 Å². The molecule has 5 nitrogen and oxygen atoms in total. The largest absolute Gasteiger partial charge is 0.435 e. The van der Waals surface area contributed by atoms with Gasteiger partial charge in [0.15, 0.2) is 0 Å². The first-order valence-corrected chi connectivity index (χ1v) is 9.17. The molecule has 1 aliphatic rings. The molecular formula is C20H19ClF2N2O3. The maximum absolute atomic E-state index is 12.4. The van der Waals surface area contributed by atoms with Crippen LogP contribution in [0.25, 0.3) is 0 Å². The molecule has 8 heteroatoms. The maximum atomic E-state index is 12.4. The summed E-state index contributed by atoms with van der Waals surface area (Å²) in [5, 5.41) is 3.41. The van der Waals surface area contributed by atoms with E-state index >= 15 is 0 Å². The molecule has 1 atom stereocenters. The molecule has 0 saturated carbocycles. The SMILES string of the molecule is O=C(NCCc1ccc(OC(F)F)cc1)C1CC(=O)N(c2ccc(Cl)cc2)C1. The number of nitrogens with zero attached hydrogens (tertiary/aromatic N) is 1. The molecule has 0 radical (unpaired) electrons. The Hall–Kier alpha value is -2.67. The first-order valence-electron chi connectivity index (χ1n) is 8.80. The van der Waals surface area contributed by atoms with Crippen molar-refractivity contribution in [1.82, 2.24) is 5.32 Å². The second-order valence-electron chi connectivity index (χ2n) is 6.45. The molecular weight excluding hydrogens is 390 g/mol. The molecule has 1 unspecified atom stereocenters. The number of nitrogens with one attached hydrogen (secondary N) is 1. The summed E-state index contributed by atoms with van der Waals surface area (Å²) >= 11 is 5.86. The van der Waals surface area contributed by atoms with Crippen LogP contribution >= 0.6 is 11.6 Å². The minimum absolute atomic E-state index is 0.0922. The predicted molar refractivity (Wildman–Crippen MR) is 102 cm³/mol. The molecule has 1 saturated heterocycles. The van der Waals surface area contributed by atoms with Gasteiger partial charge in [-0.1, -0.05) is 23.7 Å². The number of carbonyl (C=O) groups excluding carboxylic acids is 2. The Morgan fingerprint density at radius 1 is 1.18 bits per heavy atom. The number of amides is 2. The Morgan fingerprint density at radius 3 is 2.50 bits per heavy atom. The molecule has 0 aliphatic carbocycles. The highest BCUT2D eigenvalue weighted by atomic mass is 35.5. The molecule has 2 amide bonds. The molecule has 1 N–H and O–H groups in total. The number of halogens is 3. The summed E-state index contributed by atoms with van der Waals surface area (Å²) in [5.74, 6) is -0.598. The quantitative estimate of drug-likeness (QED) is 0.760. The Morgan fingerprint density at radius 2 is 1.86 bits per heavy atom. The zero-order valence-corrected chi connectivity index (χ0v) is 15.7. The van der Waals surface area contributed by atoms with Gasteiger partial charge in [-0.3, -0.25) is 9.59 Å². The fourth-order valence-electron chi connectivity index (χ4n) is 3.07. The highest BCUT2D eigenvalue weighted by Crippen LogP contribution is 2.26. The van der Waals surface area contributed by atoms with E-state index in [9.17, 15) is 18.4 Å². The van der Waals surface area contributed by atoms with Crippen LogP contribution in [0.15, 0.2) is 48.5 Å². The molecule has 3 rings (SSSR count). The van der Waals surface area contributed by atoms with Crippen molar-refractivity contribution >= 4 is 29.1 Å². The van der Waals surface area contributed by atoms with Crippen molar-refractivity contribution in [3.05, 3.63) is 59.1 Å². The Labute approximate surface area is 166 Å². The normalized spacial score (nSPS) is 16.5. The summed E-state index contributed by atoms with van der Waals surface area (Å²) in [4.78, 5) is 26.2. The van der Waals surface area contributed by atoms with Gasteiger partial charge in [-0.05, 0) is 48.4 Å². The van der Waals surface area contributed by atoms with E-state index in [1.54, 1.807) is 41.3 Å². The second kappa shape index (κ2) is 9.01. The van der Waals surface area contributed by atoms with Gasteiger partial charge in [-0.25, -0.2) is 0 Å². The molecule has 2 aromatic carbocycles. The fraction of sp³-hybridized carbons (Fsp3) is 0.300. The maximum Gasteiger partial charge on any atom is 0.387 e. The lowest BCUT2D eigenvalue weighted by Crippen LogP contribution is -2.34. The van der Waals surface area contributed by atoms with E-state index in [1.165, 1.54) is 12.1 Å². The monoisotopic (exact) mass is 408 g/mol. The molecule has 148 valence electrons. The van der Waals surface area contributed by atoms with Crippen LogP contribution in [0.3, 0.4) is 0 Å². The Balaban J connectivity index is 1.47. The average molecular weight is 409 g/mol. The van der Waals surface area contributed by atoms with E-state index < -0.39 is 12.5 Å². The van der Waals surface area contributed by atoms with Gasteiger partial charge in [0.1, 0.15) is 5.75 Å². The van der Waals surface area contributed by atoms with Crippen LogP contribution < -0.4 is 15.0 Å². The molecule has 1 heterocycles. The Kier molecular flexibility index (Phi) is 6.46. The van der Waals surface area contributed by atoms with Crippen LogP contribution in [0.4, 0.5) is 14.5 Å². The van der Waals surface area contributed by atoms with Crippen molar-refractivity contribution in [2.75, 3.05) is 18.0 Å². The molecule has 1 fully saturated rings. The Bertz CT molecular complexity index is 828. The summed E-state index contributed by atoms with van der Waals surface area (Å²) in [7, 11) is 0. The van der Waals surface area contributed by atoms with Crippen LogP contribution in [0, 0.1) is 5.92 Å². The number of ether oxygens (including phenoxy) is 1. The third kappa shape index (κ3) is 5.19. The zero-order chi connectivity index (χ0) is 20.1. The van der Waals surface area contributed by atoms with Gasteiger partial charge >= 0.3 is 6.61 Å². The number of hydrogen-bond donors (Lipinski definition) is 1. The first kappa shape index (κ1) is 20.1. The van der Waals surface area contributed by atoms with Crippen molar-refractivity contribution < 1.29 is 23.1 Å². The second-order valence-corrected chi connectivity index (χ2v) is 6.88. The van der Waals surface area contributed by atoms with Crippen LogP contribution in [-0.2, 0) is 16.0 Å². The van der Waals surface area contributed by atoms with Gasteiger partial charge in [0.25, 0.3) is 0 Å².